The van der Waals surface area contributed by atoms with Gasteiger partial charge in [0, 0.05) is 36.1 Å². The van der Waals surface area contributed by atoms with Gasteiger partial charge in [0.05, 0.1) is 57.7 Å². The normalized spacial score (nSPS) is 23.9. The van der Waals surface area contributed by atoms with Gasteiger partial charge in [0.15, 0.2) is 6.29 Å². The number of thioether (sulfide) groups is 2. The molecule has 454 valence electrons. The number of rotatable bonds is 28. The van der Waals surface area contributed by atoms with Gasteiger partial charge in [-0.3, -0.25) is 52.7 Å². The molecule has 0 saturated carbocycles. The van der Waals surface area contributed by atoms with Crippen LogP contribution < -0.4 is 32.7 Å². The van der Waals surface area contributed by atoms with E-state index in [9.17, 15) is 58.2 Å². The third-order valence-corrected chi connectivity index (χ3v) is 16.4. The Morgan fingerprint density at radius 3 is 1.91 bits per heavy atom. The van der Waals surface area contributed by atoms with E-state index in [0.29, 0.717) is 30.5 Å². The van der Waals surface area contributed by atoms with Crippen molar-refractivity contribution >= 4 is 106 Å². The van der Waals surface area contributed by atoms with Gasteiger partial charge in [-0.2, -0.15) is 0 Å². The molecule has 0 bridgehead atoms. The molecule has 11 atom stereocenters. The minimum absolute atomic E-state index is 0.194. The molecule has 2 saturated heterocycles. The standard InChI is InChI=1S/C51H77N7O20S3/c1-25-9-8-14-51(7)36(78-51)16-34(26(2)15-29-20-81-28(4)56-29)75-41(65)17-35(76-42(66)23-79-21-32(46(69)54-18-39(61)62)57-37(59)12-10-30(52)48(71)72)50(5,6)45(68)27(3)44(25)77-43(67)24-80-22-33(47(70)55-19-40(63)64)58-38(60)13-11-31(53)49(73)74/h15,20,25,27,30-36,44,48,71-72H,8-14,16-19,21-24,52-53H2,1-7H3,(H,54,69)(H,55,70)(H,57,59)(H,58,60)(H,61,62)(H,63,64)(H,73,74)/b26-15+/t25-,27+,30-,31-,32-,33-,34?,35-,36-,44-,51+/m0/s1. The number of nitrogens with two attached hydrogens (primary N) is 2. The first kappa shape index (κ1) is 69.5. The average Bonchev–Trinajstić information content (AvgIpc) is 4.10. The number of Topliss-reactive ketones (excluding diaryl/α,β-unsaturated/α-hetero) is 1. The van der Waals surface area contributed by atoms with Gasteiger partial charge in [0.2, 0.25) is 23.6 Å². The van der Waals surface area contributed by atoms with Crippen molar-refractivity contribution in [3.05, 3.63) is 21.7 Å². The Kier molecular flexibility index (Phi) is 28.1. The number of esters is 3. The lowest BCUT2D eigenvalue weighted by Gasteiger charge is -2.37. The van der Waals surface area contributed by atoms with Crippen LogP contribution in [0.4, 0.5) is 0 Å². The van der Waals surface area contributed by atoms with Crippen LogP contribution in [-0.4, -0.2) is 192 Å². The summed E-state index contributed by atoms with van der Waals surface area (Å²) in [5, 5.41) is 57.8. The van der Waals surface area contributed by atoms with Crippen LogP contribution in [0, 0.1) is 24.2 Å². The van der Waals surface area contributed by atoms with E-state index in [1.807, 2.05) is 19.2 Å². The van der Waals surface area contributed by atoms with E-state index in [1.165, 1.54) is 32.1 Å². The maximum atomic E-state index is 15.0. The topological polar surface area (TPSA) is 442 Å². The summed E-state index contributed by atoms with van der Waals surface area (Å²) in [6.07, 6.45) is -4.16. The molecular formula is C51H77N7O20S3. The van der Waals surface area contributed by atoms with Crippen LogP contribution >= 0.6 is 34.9 Å². The van der Waals surface area contributed by atoms with E-state index in [1.54, 1.807) is 19.9 Å². The Morgan fingerprint density at radius 2 is 1.41 bits per heavy atom. The van der Waals surface area contributed by atoms with Crippen LogP contribution in [0.1, 0.15) is 110 Å². The van der Waals surface area contributed by atoms with Gasteiger partial charge >= 0.3 is 35.8 Å². The quantitative estimate of drug-likeness (QED) is 0.0228. The Labute approximate surface area is 480 Å². The molecule has 27 nitrogen and oxygen atoms in total. The molecule has 2 fully saturated rings. The minimum atomic E-state index is -1.93. The number of ether oxygens (including phenoxy) is 4. The summed E-state index contributed by atoms with van der Waals surface area (Å²) >= 11 is 3.06. The van der Waals surface area contributed by atoms with Gasteiger partial charge in [-0.25, -0.2) is 4.98 Å². The number of aliphatic hydroxyl groups excluding tert-OH is 1. The molecule has 1 aromatic rings. The van der Waals surface area contributed by atoms with Gasteiger partial charge in [0.25, 0.3) is 0 Å². The largest absolute Gasteiger partial charge is 0.480 e. The van der Waals surface area contributed by atoms with Crippen molar-refractivity contribution in [2.45, 2.75) is 167 Å². The fourth-order valence-corrected chi connectivity index (χ4v) is 10.9. The molecule has 1 aromatic heterocycles. The number of carboxylic acid groups (broad SMARTS) is 3. The molecule has 3 rings (SSSR count). The highest BCUT2D eigenvalue weighted by Crippen LogP contribution is 2.45. The predicted octanol–water partition coefficient (Wildman–Crippen LogP) is 0.0272. The number of hydrogen-bond donors (Lipinski definition) is 11. The summed E-state index contributed by atoms with van der Waals surface area (Å²) in [5.74, 6) is -13.9. The summed E-state index contributed by atoms with van der Waals surface area (Å²) in [6, 6.07) is -5.36. The lowest BCUT2D eigenvalue weighted by Crippen LogP contribution is -2.50. The number of aryl methyl sites for hydroxylation is 1. The molecule has 2 aliphatic heterocycles. The summed E-state index contributed by atoms with van der Waals surface area (Å²) in [4.78, 5) is 147. The zero-order valence-electron chi connectivity index (χ0n) is 46.3. The second kappa shape index (κ2) is 32.8. The Morgan fingerprint density at radius 1 is 0.864 bits per heavy atom. The highest BCUT2D eigenvalue weighted by molar-refractivity contribution is 8.00. The number of aliphatic hydroxyl groups is 2. The van der Waals surface area contributed by atoms with Crippen molar-refractivity contribution in [3.63, 3.8) is 0 Å². The molecule has 3 heterocycles. The first-order valence-electron chi connectivity index (χ1n) is 26.1. The predicted molar refractivity (Wildman–Crippen MR) is 294 cm³/mol. The first-order chi connectivity index (χ1) is 37.8. The SMILES string of the molecule is C/C(=C\c1csc(C)n1)C1C[C@@H]2O[C@]2(C)CCC[C@H](C)[C@H](OC(=O)CSC[C@H](NC(=O)CC[C@H](N)C(=O)O)C(=O)NCC(=O)O)[C@@H](C)C(=O)C(C)(C)[C@@H](OC(=O)CSC[C@H](NC(=O)CC[C@H](N)C(O)O)C(=O)NCC(=O)O)CC(=O)O1. The van der Waals surface area contributed by atoms with Gasteiger partial charge < -0.3 is 77.2 Å². The van der Waals surface area contributed by atoms with E-state index in [4.69, 9.17) is 45.7 Å². The van der Waals surface area contributed by atoms with Crippen LogP contribution in [-0.2, 0) is 71.7 Å². The van der Waals surface area contributed by atoms with Crippen LogP contribution in [0.5, 0.6) is 0 Å². The number of amides is 4. The number of aromatic nitrogens is 1. The molecule has 4 amide bonds. The van der Waals surface area contributed by atoms with Crippen molar-refractivity contribution in [3.8, 4) is 0 Å². The van der Waals surface area contributed by atoms with E-state index in [0.717, 1.165) is 28.5 Å². The lowest BCUT2D eigenvalue weighted by molar-refractivity contribution is -0.167. The summed E-state index contributed by atoms with van der Waals surface area (Å²) in [6.45, 7) is 10.2. The lowest BCUT2D eigenvalue weighted by atomic mass is 9.72. The van der Waals surface area contributed by atoms with Crippen LogP contribution in [0.25, 0.3) is 6.08 Å². The molecule has 0 spiro atoms. The Bertz CT molecular complexity index is 2440. The number of fused-ring (bicyclic) bond motifs is 1. The van der Waals surface area contributed by atoms with Crippen molar-refractivity contribution in [1.82, 2.24) is 26.3 Å². The number of carboxylic acids is 3. The molecule has 0 aromatic carbocycles. The van der Waals surface area contributed by atoms with E-state index in [2.05, 4.69) is 26.3 Å². The first-order valence-corrected chi connectivity index (χ1v) is 29.3. The number of nitrogens with zero attached hydrogens (tertiary/aromatic N) is 1. The number of thiazole rings is 1. The third kappa shape index (κ3) is 23.9. The van der Waals surface area contributed by atoms with Gasteiger partial charge in [-0.1, -0.05) is 20.3 Å². The van der Waals surface area contributed by atoms with Crippen LogP contribution in [0.3, 0.4) is 0 Å². The highest BCUT2D eigenvalue weighted by atomic mass is 32.2. The van der Waals surface area contributed by atoms with Crippen molar-refractivity contribution in [2.24, 2.45) is 28.7 Å². The van der Waals surface area contributed by atoms with Crippen molar-refractivity contribution in [2.75, 3.05) is 36.1 Å². The number of aliphatic carboxylic acids is 3. The number of hydrogen-bond acceptors (Lipinski definition) is 23. The molecule has 30 heteroatoms. The Hall–Kier alpha value is -5.76. The molecule has 0 aliphatic carbocycles. The second-order valence-corrected chi connectivity index (χ2v) is 23.9. The molecule has 0 radical (unpaired) electrons. The number of cyclic esters (lactones) is 1. The number of ketones is 1. The zero-order valence-corrected chi connectivity index (χ0v) is 48.7. The van der Waals surface area contributed by atoms with E-state index >= 15 is 4.79 Å². The summed E-state index contributed by atoms with van der Waals surface area (Å²) in [7, 11) is 0. The second-order valence-electron chi connectivity index (χ2n) is 20.8. The number of carbonyl (C=O) groups is 11. The molecule has 13 N–H and O–H groups in total. The van der Waals surface area contributed by atoms with Crippen molar-refractivity contribution < 1.29 is 97.2 Å². The Balaban J connectivity index is 1.95. The molecule has 81 heavy (non-hydrogen) atoms. The van der Waals surface area contributed by atoms with Crippen LogP contribution in [0.15, 0.2) is 11.0 Å². The maximum absolute atomic E-state index is 15.0. The molecule has 1 unspecified atom stereocenters. The van der Waals surface area contributed by atoms with Gasteiger partial charge in [-0.05, 0) is 77.9 Å². The van der Waals surface area contributed by atoms with Gasteiger partial charge in [-0.15, -0.1) is 34.9 Å². The number of epoxide rings is 1. The fourth-order valence-electron chi connectivity index (χ4n) is 8.68. The smallest absolute Gasteiger partial charge is 0.322 e. The van der Waals surface area contributed by atoms with Crippen LogP contribution in [0.2, 0.25) is 0 Å². The maximum Gasteiger partial charge on any atom is 0.322 e. The monoisotopic (exact) mass is 1200 g/mol. The van der Waals surface area contributed by atoms with Crippen molar-refractivity contribution in [1.29, 1.82) is 0 Å². The zero-order chi connectivity index (χ0) is 60.9. The van der Waals surface area contributed by atoms with E-state index < -0.39 is 168 Å². The third-order valence-electron chi connectivity index (χ3n) is 13.6. The fraction of sp³-hybridized carbons (Fsp3) is 0.686. The minimum Gasteiger partial charge on any atom is -0.480 e. The summed E-state index contributed by atoms with van der Waals surface area (Å²) < 4.78 is 24.4. The molecule has 2 aliphatic rings. The summed E-state index contributed by atoms with van der Waals surface area (Å²) in [5.41, 5.74) is 10.0. The van der Waals surface area contributed by atoms with Gasteiger partial charge in [0.1, 0.15) is 55.3 Å². The number of carbonyl (C=O) groups excluding carboxylic acids is 8. The highest BCUT2D eigenvalue weighted by Gasteiger charge is 2.53. The van der Waals surface area contributed by atoms with E-state index in [-0.39, 0.29) is 49.7 Å². The average molecular weight is 1200 g/mol. The number of nitrogens with one attached hydrogen (secondary N) is 4. The molecular weight excluding hydrogens is 1130 g/mol.